The number of para-hydroxylation sites is 1. The number of carbonyl (C=O) groups excluding carboxylic acids is 1. The van der Waals surface area contributed by atoms with Crippen LogP contribution in [0.5, 0.6) is 0 Å². The first-order valence-electron chi connectivity index (χ1n) is 10.6. The second-order valence-corrected chi connectivity index (χ2v) is 9.85. The molecule has 2 heterocycles. The lowest BCUT2D eigenvalue weighted by Crippen LogP contribution is -2.39. The lowest BCUT2D eigenvalue weighted by molar-refractivity contribution is 0.0687. The number of carbonyl (C=O) groups is 1. The van der Waals surface area contributed by atoms with Gasteiger partial charge in [0.2, 0.25) is 10.0 Å². The summed E-state index contributed by atoms with van der Waals surface area (Å²) in [6.07, 6.45) is 4.13. The van der Waals surface area contributed by atoms with E-state index >= 15 is 0 Å². The van der Waals surface area contributed by atoms with Crippen LogP contribution in [0.2, 0.25) is 0 Å². The Balaban J connectivity index is 1.30. The van der Waals surface area contributed by atoms with Crippen LogP contribution in [-0.2, 0) is 10.0 Å². The summed E-state index contributed by atoms with van der Waals surface area (Å²) in [6, 6.07) is 16.5. The fourth-order valence-electron chi connectivity index (χ4n) is 4.07. The van der Waals surface area contributed by atoms with Crippen molar-refractivity contribution in [1.82, 2.24) is 14.6 Å². The average molecular weight is 438 g/mol. The Hall–Kier alpha value is -2.77. The molecule has 1 N–H and O–H groups in total. The molecule has 3 aromatic rings. The SMILES string of the molecule is Cc1ccc(C(=O)N2CCC(CCNS(=O)(=O)c3cccc4cccnc34)CC2)cc1. The van der Waals surface area contributed by atoms with E-state index in [1.807, 2.05) is 48.2 Å². The zero-order chi connectivity index (χ0) is 21.8. The van der Waals surface area contributed by atoms with Gasteiger partial charge in [-0.25, -0.2) is 13.1 Å². The number of amides is 1. The molecule has 0 saturated carbocycles. The van der Waals surface area contributed by atoms with Gasteiger partial charge in [-0.1, -0.05) is 35.9 Å². The molecule has 1 saturated heterocycles. The Morgan fingerprint density at radius 3 is 2.52 bits per heavy atom. The van der Waals surface area contributed by atoms with Crippen molar-refractivity contribution in [2.75, 3.05) is 19.6 Å². The van der Waals surface area contributed by atoms with E-state index in [4.69, 9.17) is 0 Å². The van der Waals surface area contributed by atoms with Crippen molar-refractivity contribution in [3.63, 3.8) is 0 Å². The highest BCUT2D eigenvalue weighted by Gasteiger charge is 2.24. The third-order valence-electron chi connectivity index (χ3n) is 5.93. The molecule has 2 aromatic carbocycles. The molecule has 0 unspecified atom stereocenters. The van der Waals surface area contributed by atoms with E-state index in [0.29, 0.717) is 31.1 Å². The minimum absolute atomic E-state index is 0.0719. The normalized spacial score (nSPS) is 15.3. The first-order chi connectivity index (χ1) is 14.9. The number of nitrogens with one attached hydrogen (secondary N) is 1. The van der Waals surface area contributed by atoms with Crippen LogP contribution < -0.4 is 4.72 Å². The third kappa shape index (κ3) is 4.94. The maximum atomic E-state index is 12.8. The van der Waals surface area contributed by atoms with Crippen molar-refractivity contribution in [2.45, 2.75) is 31.1 Å². The highest BCUT2D eigenvalue weighted by Crippen LogP contribution is 2.23. The van der Waals surface area contributed by atoms with Gasteiger partial charge in [-0.3, -0.25) is 9.78 Å². The summed E-state index contributed by atoms with van der Waals surface area (Å²) >= 11 is 0. The Morgan fingerprint density at radius 1 is 1.06 bits per heavy atom. The summed E-state index contributed by atoms with van der Waals surface area (Å²) in [7, 11) is -3.63. The molecule has 0 atom stereocenters. The maximum Gasteiger partial charge on any atom is 0.253 e. The van der Waals surface area contributed by atoms with E-state index in [0.717, 1.165) is 35.8 Å². The van der Waals surface area contributed by atoms with E-state index in [1.165, 1.54) is 0 Å². The largest absolute Gasteiger partial charge is 0.339 e. The highest BCUT2D eigenvalue weighted by molar-refractivity contribution is 7.89. The predicted octanol–water partition coefficient (Wildman–Crippen LogP) is 3.76. The smallest absolute Gasteiger partial charge is 0.253 e. The molecule has 0 spiro atoms. The van der Waals surface area contributed by atoms with Crippen LogP contribution in [0, 0.1) is 12.8 Å². The number of sulfonamides is 1. The van der Waals surface area contributed by atoms with Crippen LogP contribution in [0.1, 0.15) is 35.2 Å². The van der Waals surface area contributed by atoms with Gasteiger partial charge in [0.25, 0.3) is 5.91 Å². The van der Waals surface area contributed by atoms with Crippen LogP contribution in [0.15, 0.2) is 65.7 Å². The minimum atomic E-state index is -3.63. The van der Waals surface area contributed by atoms with E-state index in [2.05, 4.69) is 9.71 Å². The molecular formula is C24H27N3O3S. The molecule has 7 heteroatoms. The summed E-state index contributed by atoms with van der Waals surface area (Å²) in [4.78, 5) is 19.0. The van der Waals surface area contributed by atoms with E-state index in [9.17, 15) is 13.2 Å². The van der Waals surface area contributed by atoms with Crippen molar-refractivity contribution in [2.24, 2.45) is 5.92 Å². The van der Waals surface area contributed by atoms with Crippen molar-refractivity contribution < 1.29 is 13.2 Å². The number of fused-ring (bicyclic) bond motifs is 1. The van der Waals surface area contributed by atoms with Crippen LogP contribution in [0.25, 0.3) is 10.9 Å². The number of hydrogen-bond donors (Lipinski definition) is 1. The summed E-state index contributed by atoms with van der Waals surface area (Å²) in [5, 5.41) is 0.802. The number of nitrogens with zero attached hydrogens (tertiary/aromatic N) is 2. The molecule has 0 aliphatic carbocycles. The maximum absolute atomic E-state index is 12.8. The zero-order valence-corrected chi connectivity index (χ0v) is 18.4. The Labute approximate surface area is 183 Å². The Bertz CT molecular complexity index is 1160. The molecule has 1 aliphatic heterocycles. The van der Waals surface area contributed by atoms with Gasteiger partial charge < -0.3 is 4.90 Å². The number of likely N-dealkylation sites (tertiary alicyclic amines) is 1. The fourth-order valence-corrected chi connectivity index (χ4v) is 5.30. The average Bonchev–Trinajstić information content (AvgIpc) is 2.79. The van der Waals surface area contributed by atoms with Crippen LogP contribution in [0.4, 0.5) is 0 Å². The van der Waals surface area contributed by atoms with Gasteiger partial charge in [0.15, 0.2) is 0 Å². The van der Waals surface area contributed by atoms with Crippen LogP contribution >= 0.6 is 0 Å². The number of aryl methyl sites for hydroxylation is 1. The van der Waals surface area contributed by atoms with Gasteiger partial charge in [0.1, 0.15) is 4.90 Å². The van der Waals surface area contributed by atoms with Crippen molar-refractivity contribution in [1.29, 1.82) is 0 Å². The predicted molar refractivity (Wildman–Crippen MR) is 121 cm³/mol. The Kier molecular flexibility index (Phi) is 6.34. The van der Waals surface area contributed by atoms with Gasteiger partial charge in [-0.15, -0.1) is 0 Å². The first-order valence-corrected chi connectivity index (χ1v) is 12.1. The molecule has 4 rings (SSSR count). The van der Waals surface area contributed by atoms with E-state index < -0.39 is 10.0 Å². The molecular weight excluding hydrogens is 410 g/mol. The molecule has 1 amide bonds. The molecule has 6 nitrogen and oxygen atoms in total. The molecule has 0 bridgehead atoms. The second kappa shape index (κ2) is 9.16. The van der Waals surface area contributed by atoms with Gasteiger partial charge in [-0.05, 0) is 56.4 Å². The molecule has 31 heavy (non-hydrogen) atoms. The summed E-state index contributed by atoms with van der Waals surface area (Å²) in [5.74, 6) is 0.470. The first kappa shape index (κ1) is 21.5. The quantitative estimate of drug-likeness (QED) is 0.637. The van der Waals surface area contributed by atoms with E-state index in [-0.39, 0.29) is 10.8 Å². The molecule has 1 fully saturated rings. The van der Waals surface area contributed by atoms with Crippen LogP contribution in [0.3, 0.4) is 0 Å². The summed E-state index contributed by atoms with van der Waals surface area (Å²) < 4.78 is 28.3. The number of piperidine rings is 1. The number of pyridine rings is 1. The number of rotatable bonds is 6. The van der Waals surface area contributed by atoms with Gasteiger partial charge in [0.05, 0.1) is 5.52 Å². The van der Waals surface area contributed by atoms with Crippen molar-refractivity contribution >= 4 is 26.8 Å². The number of hydrogen-bond acceptors (Lipinski definition) is 4. The molecule has 1 aromatic heterocycles. The summed E-state index contributed by atoms with van der Waals surface area (Å²) in [6.45, 7) is 3.79. The second-order valence-electron chi connectivity index (χ2n) is 8.12. The van der Waals surface area contributed by atoms with Gasteiger partial charge in [-0.2, -0.15) is 0 Å². The van der Waals surface area contributed by atoms with Crippen LogP contribution in [-0.4, -0.2) is 43.8 Å². The Morgan fingerprint density at radius 2 is 1.77 bits per heavy atom. The van der Waals surface area contributed by atoms with E-state index in [1.54, 1.807) is 24.4 Å². The topological polar surface area (TPSA) is 79.4 Å². The van der Waals surface area contributed by atoms with Gasteiger partial charge >= 0.3 is 0 Å². The lowest BCUT2D eigenvalue weighted by atomic mass is 9.93. The van der Waals surface area contributed by atoms with Gasteiger partial charge in [0, 0.05) is 36.8 Å². The monoisotopic (exact) mass is 437 g/mol. The zero-order valence-electron chi connectivity index (χ0n) is 17.6. The number of benzene rings is 2. The van der Waals surface area contributed by atoms with Crippen molar-refractivity contribution in [3.8, 4) is 0 Å². The highest BCUT2D eigenvalue weighted by atomic mass is 32.2. The minimum Gasteiger partial charge on any atom is -0.339 e. The fraction of sp³-hybridized carbons (Fsp3) is 0.333. The third-order valence-corrected chi connectivity index (χ3v) is 7.42. The molecule has 0 radical (unpaired) electrons. The molecule has 1 aliphatic rings. The summed E-state index contributed by atoms with van der Waals surface area (Å²) in [5.41, 5.74) is 2.35. The molecule has 162 valence electrons. The number of aromatic nitrogens is 1. The van der Waals surface area contributed by atoms with Crippen molar-refractivity contribution in [3.05, 3.63) is 71.9 Å². The standard InChI is InChI=1S/C24H27N3O3S/c1-18-7-9-21(10-8-18)24(28)27-16-12-19(13-17-27)11-15-26-31(29,30)22-6-2-4-20-5-3-14-25-23(20)22/h2-10,14,19,26H,11-13,15-17H2,1H3. The lowest BCUT2D eigenvalue weighted by Gasteiger charge is -2.32.